The van der Waals surface area contributed by atoms with Gasteiger partial charge in [0, 0.05) is 6.42 Å². The van der Waals surface area contributed by atoms with Crippen LogP contribution in [0.5, 0.6) is 0 Å². The van der Waals surface area contributed by atoms with Crippen LogP contribution in [0.3, 0.4) is 0 Å². The summed E-state index contributed by atoms with van der Waals surface area (Å²) in [5.74, 6) is -0.119. The fourth-order valence-corrected chi connectivity index (χ4v) is 2.20. The lowest BCUT2D eigenvalue weighted by Gasteiger charge is -2.23. The van der Waals surface area contributed by atoms with Gasteiger partial charge in [0.1, 0.15) is 6.04 Å². The number of imide groups is 1. The Labute approximate surface area is 117 Å². The van der Waals surface area contributed by atoms with Crippen LogP contribution in [0.1, 0.15) is 38.2 Å². The van der Waals surface area contributed by atoms with Crippen molar-refractivity contribution in [3.8, 4) is 0 Å². The summed E-state index contributed by atoms with van der Waals surface area (Å²) in [7, 11) is 0. The Kier molecular flexibility index (Phi) is 4.10. The van der Waals surface area contributed by atoms with E-state index in [9.17, 15) is 9.59 Å². The fourth-order valence-electron chi connectivity index (χ4n) is 2.03. The van der Waals surface area contributed by atoms with E-state index < -0.39 is 6.04 Å². The molecule has 0 saturated carbocycles. The first-order chi connectivity index (χ1) is 8.97. The lowest BCUT2D eigenvalue weighted by molar-refractivity contribution is -0.133. The second kappa shape index (κ2) is 5.61. The van der Waals surface area contributed by atoms with Crippen LogP contribution in [-0.4, -0.2) is 17.9 Å². The molecule has 2 amide bonds. The van der Waals surface area contributed by atoms with Gasteiger partial charge in [0.15, 0.2) is 0 Å². The first kappa shape index (κ1) is 13.9. The van der Waals surface area contributed by atoms with Crippen molar-refractivity contribution in [2.75, 3.05) is 5.32 Å². The summed E-state index contributed by atoms with van der Waals surface area (Å²) in [4.78, 5) is 22.8. The number of anilines is 1. The average Bonchev–Trinajstić information content (AvgIpc) is 2.34. The molecule has 1 saturated heterocycles. The van der Waals surface area contributed by atoms with Gasteiger partial charge >= 0.3 is 0 Å². The summed E-state index contributed by atoms with van der Waals surface area (Å²) < 4.78 is 0. The van der Waals surface area contributed by atoms with Crippen molar-refractivity contribution in [3.05, 3.63) is 28.8 Å². The van der Waals surface area contributed by atoms with Crippen molar-refractivity contribution in [2.24, 2.45) is 0 Å². The number of hydrogen-bond acceptors (Lipinski definition) is 3. The second-order valence-corrected chi connectivity index (χ2v) is 5.45. The van der Waals surface area contributed by atoms with E-state index in [4.69, 9.17) is 11.6 Å². The molecule has 0 spiro atoms. The molecule has 0 aromatic heterocycles. The zero-order valence-corrected chi connectivity index (χ0v) is 11.8. The smallest absolute Gasteiger partial charge is 0.249 e. The molecule has 1 unspecified atom stereocenters. The lowest BCUT2D eigenvalue weighted by Crippen LogP contribution is -2.47. The number of amides is 2. The van der Waals surface area contributed by atoms with Crippen molar-refractivity contribution in [1.82, 2.24) is 5.32 Å². The van der Waals surface area contributed by atoms with Crippen LogP contribution in [0.2, 0.25) is 5.02 Å². The number of benzene rings is 1. The molecule has 1 atom stereocenters. The maximum Gasteiger partial charge on any atom is 0.249 e. The number of hydrogen-bond donors (Lipinski definition) is 2. The predicted molar refractivity (Wildman–Crippen MR) is 75.3 cm³/mol. The fraction of sp³-hybridized carbons (Fsp3) is 0.429. The molecular formula is C14H17ClN2O2. The molecule has 1 aliphatic rings. The van der Waals surface area contributed by atoms with Gasteiger partial charge in [-0.15, -0.1) is 0 Å². The molecule has 1 aromatic carbocycles. The van der Waals surface area contributed by atoms with Gasteiger partial charge in [-0.05, 0) is 30.0 Å². The highest BCUT2D eigenvalue weighted by Crippen LogP contribution is 2.28. The molecule has 2 N–H and O–H groups in total. The van der Waals surface area contributed by atoms with Crippen molar-refractivity contribution in [2.45, 2.75) is 38.6 Å². The van der Waals surface area contributed by atoms with Gasteiger partial charge in [-0.2, -0.15) is 0 Å². The molecule has 0 bridgehead atoms. The van der Waals surface area contributed by atoms with Crippen LogP contribution >= 0.6 is 11.6 Å². The van der Waals surface area contributed by atoms with E-state index in [0.717, 1.165) is 11.3 Å². The lowest BCUT2D eigenvalue weighted by atomic mass is 10.0. The minimum atomic E-state index is -0.405. The highest BCUT2D eigenvalue weighted by molar-refractivity contribution is 6.33. The van der Waals surface area contributed by atoms with Gasteiger partial charge in [0.05, 0.1) is 10.7 Å². The van der Waals surface area contributed by atoms with Crippen LogP contribution in [0.15, 0.2) is 18.2 Å². The highest BCUT2D eigenvalue weighted by Gasteiger charge is 2.26. The van der Waals surface area contributed by atoms with Crippen molar-refractivity contribution in [1.29, 1.82) is 0 Å². The molecule has 0 radical (unpaired) electrons. The summed E-state index contributed by atoms with van der Waals surface area (Å²) in [5, 5.41) is 6.02. The zero-order chi connectivity index (χ0) is 14.0. The van der Waals surface area contributed by atoms with E-state index in [1.54, 1.807) is 0 Å². The van der Waals surface area contributed by atoms with Crippen LogP contribution in [0, 0.1) is 0 Å². The van der Waals surface area contributed by atoms with Gasteiger partial charge in [0.25, 0.3) is 0 Å². The molecule has 19 heavy (non-hydrogen) atoms. The summed E-state index contributed by atoms with van der Waals surface area (Å²) in [6.07, 6.45) is 0.845. The van der Waals surface area contributed by atoms with E-state index in [0.29, 0.717) is 23.8 Å². The van der Waals surface area contributed by atoms with E-state index >= 15 is 0 Å². The Morgan fingerprint density at radius 1 is 1.37 bits per heavy atom. The van der Waals surface area contributed by atoms with Gasteiger partial charge in [-0.25, -0.2) is 0 Å². The molecule has 5 heteroatoms. The zero-order valence-electron chi connectivity index (χ0n) is 11.0. The van der Waals surface area contributed by atoms with Gasteiger partial charge in [-0.1, -0.05) is 31.5 Å². The van der Waals surface area contributed by atoms with Crippen molar-refractivity contribution in [3.63, 3.8) is 0 Å². The molecule has 1 aliphatic heterocycles. The third-order valence-corrected chi connectivity index (χ3v) is 3.56. The highest BCUT2D eigenvalue weighted by atomic mass is 35.5. The Morgan fingerprint density at radius 2 is 2.11 bits per heavy atom. The van der Waals surface area contributed by atoms with Crippen LogP contribution in [0.4, 0.5) is 5.69 Å². The molecule has 1 heterocycles. The quantitative estimate of drug-likeness (QED) is 0.837. The topological polar surface area (TPSA) is 58.2 Å². The van der Waals surface area contributed by atoms with Crippen LogP contribution in [-0.2, 0) is 9.59 Å². The molecule has 1 fully saturated rings. The normalized spacial score (nSPS) is 19.5. The maximum atomic E-state index is 11.7. The largest absolute Gasteiger partial charge is 0.372 e. The van der Waals surface area contributed by atoms with Gasteiger partial charge < -0.3 is 5.32 Å². The maximum absolute atomic E-state index is 11.7. The monoisotopic (exact) mass is 280 g/mol. The van der Waals surface area contributed by atoms with E-state index in [1.165, 1.54) is 0 Å². The molecule has 0 aliphatic carbocycles. The summed E-state index contributed by atoms with van der Waals surface area (Å²) in [5.41, 5.74) is 1.89. The van der Waals surface area contributed by atoms with Crippen molar-refractivity contribution >= 4 is 29.1 Å². The van der Waals surface area contributed by atoms with Crippen molar-refractivity contribution < 1.29 is 9.59 Å². The molecule has 1 aromatic rings. The molecule has 102 valence electrons. The first-order valence-corrected chi connectivity index (χ1v) is 6.75. The standard InChI is InChI=1S/C14H17ClN2O2/c1-8(2)9-3-4-10(15)12(7-9)16-11-5-6-13(18)17-14(11)19/h3-4,7-8,11,16H,5-6H2,1-2H3,(H,17,18,19). The third-order valence-electron chi connectivity index (χ3n) is 3.23. The number of nitrogens with one attached hydrogen (secondary N) is 2. The minimum absolute atomic E-state index is 0.218. The minimum Gasteiger partial charge on any atom is -0.372 e. The Morgan fingerprint density at radius 3 is 2.74 bits per heavy atom. The second-order valence-electron chi connectivity index (χ2n) is 5.04. The Bertz CT molecular complexity index is 514. The van der Waals surface area contributed by atoms with Gasteiger partial charge in [-0.3, -0.25) is 14.9 Å². The predicted octanol–water partition coefficient (Wildman–Crippen LogP) is 2.68. The molecule has 2 rings (SSSR count). The summed E-state index contributed by atoms with van der Waals surface area (Å²) in [6, 6.07) is 5.35. The number of carbonyl (C=O) groups excluding carboxylic acids is 2. The Hall–Kier alpha value is -1.55. The van der Waals surface area contributed by atoms with E-state index in [-0.39, 0.29) is 11.8 Å². The van der Waals surface area contributed by atoms with Gasteiger partial charge in [0.2, 0.25) is 11.8 Å². The number of halogens is 1. The van der Waals surface area contributed by atoms with E-state index in [1.807, 2.05) is 18.2 Å². The molecule has 4 nitrogen and oxygen atoms in total. The average molecular weight is 281 g/mol. The number of rotatable bonds is 3. The first-order valence-electron chi connectivity index (χ1n) is 6.37. The summed E-state index contributed by atoms with van der Waals surface area (Å²) >= 11 is 6.14. The number of carbonyl (C=O) groups is 2. The van der Waals surface area contributed by atoms with Crippen LogP contribution < -0.4 is 10.6 Å². The third kappa shape index (κ3) is 3.26. The SMILES string of the molecule is CC(C)c1ccc(Cl)c(NC2CCC(=O)NC2=O)c1. The summed E-state index contributed by atoms with van der Waals surface area (Å²) in [6.45, 7) is 4.19. The number of piperidine rings is 1. The van der Waals surface area contributed by atoms with Crippen LogP contribution in [0.25, 0.3) is 0 Å². The molecular weight excluding hydrogens is 264 g/mol. The Balaban J connectivity index is 2.16. The van der Waals surface area contributed by atoms with E-state index in [2.05, 4.69) is 24.5 Å².